The molecule has 0 spiro atoms. The van der Waals surface area contributed by atoms with Gasteiger partial charge in [-0.05, 0) is 56.2 Å². The molecule has 0 bridgehead atoms. The molecule has 0 saturated heterocycles. The van der Waals surface area contributed by atoms with Gasteiger partial charge in [0.1, 0.15) is 0 Å². The topological polar surface area (TPSA) is 12.0 Å². The highest BCUT2D eigenvalue weighted by atomic mass is 79.9. The zero-order chi connectivity index (χ0) is 13.8. The number of nitrogens with one attached hydrogen (secondary N) is 1. The summed E-state index contributed by atoms with van der Waals surface area (Å²) in [6, 6.07) is 7.54. The van der Waals surface area contributed by atoms with Gasteiger partial charge in [0.05, 0.1) is 0 Å². The van der Waals surface area contributed by atoms with Gasteiger partial charge in [0.2, 0.25) is 0 Å². The molecule has 19 heavy (non-hydrogen) atoms. The van der Waals surface area contributed by atoms with Crippen LogP contribution in [0.5, 0.6) is 0 Å². The highest BCUT2D eigenvalue weighted by Gasteiger charge is 2.21. The van der Waals surface area contributed by atoms with Crippen molar-refractivity contribution in [1.29, 1.82) is 0 Å². The second-order valence-corrected chi connectivity index (χ2v) is 7.45. The van der Waals surface area contributed by atoms with Crippen molar-refractivity contribution >= 4 is 31.9 Å². The summed E-state index contributed by atoms with van der Waals surface area (Å²) in [6.07, 6.45) is 6.79. The first kappa shape index (κ1) is 15.5. The summed E-state index contributed by atoms with van der Waals surface area (Å²) in [5.74, 6) is 0.966. The Hall–Kier alpha value is 0.140. The molecule has 0 heterocycles. The molecular weight excluding hydrogens is 366 g/mol. The SMILES string of the molecule is CCC1CCC(NC(C)c2ccc(Br)cc2Br)CC1. The minimum atomic E-state index is 0.408. The van der Waals surface area contributed by atoms with Crippen LogP contribution in [0.2, 0.25) is 0 Å². The third-order valence-corrected chi connectivity index (χ3v) is 5.52. The maximum Gasteiger partial charge on any atom is 0.0305 e. The average Bonchev–Trinajstić information content (AvgIpc) is 2.39. The van der Waals surface area contributed by atoms with E-state index in [9.17, 15) is 0 Å². The molecule has 3 heteroatoms. The van der Waals surface area contributed by atoms with Crippen molar-refractivity contribution in [2.24, 2.45) is 5.92 Å². The number of benzene rings is 1. The third-order valence-electron chi connectivity index (χ3n) is 4.34. The van der Waals surface area contributed by atoms with Crippen LogP contribution in [0.4, 0.5) is 0 Å². The molecule has 1 aromatic rings. The molecule has 1 fully saturated rings. The summed E-state index contributed by atoms with van der Waals surface area (Å²) in [5.41, 5.74) is 1.35. The van der Waals surface area contributed by atoms with Crippen molar-refractivity contribution in [3.8, 4) is 0 Å². The van der Waals surface area contributed by atoms with Gasteiger partial charge >= 0.3 is 0 Å². The van der Waals surface area contributed by atoms with Crippen LogP contribution >= 0.6 is 31.9 Å². The predicted octanol–water partition coefficient (Wildman–Crippen LogP) is 5.83. The van der Waals surface area contributed by atoms with E-state index >= 15 is 0 Å². The first-order valence-corrected chi connectivity index (χ1v) is 8.89. The van der Waals surface area contributed by atoms with Crippen molar-refractivity contribution in [2.75, 3.05) is 0 Å². The van der Waals surface area contributed by atoms with Crippen LogP contribution < -0.4 is 5.32 Å². The number of rotatable bonds is 4. The monoisotopic (exact) mass is 387 g/mol. The Labute approximate surface area is 133 Å². The molecule has 1 unspecified atom stereocenters. The molecule has 0 amide bonds. The summed E-state index contributed by atoms with van der Waals surface area (Å²) in [6.45, 7) is 4.58. The number of halogens is 2. The summed E-state index contributed by atoms with van der Waals surface area (Å²) in [5, 5.41) is 3.79. The molecule has 1 aromatic carbocycles. The molecule has 0 radical (unpaired) electrons. The second kappa shape index (κ2) is 7.24. The largest absolute Gasteiger partial charge is 0.307 e. The lowest BCUT2D eigenvalue weighted by atomic mass is 9.84. The Bertz CT molecular complexity index is 411. The van der Waals surface area contributed by atoms with Crippen LogP contribution in [-0.2, 0) is 0 Å². The Balaban J connectivity index is 1.92. The van der Waals surface area contributed by atoms with E-state index in [2.05, 4.69) is 69.2 Å². The molecule has 2 rings (SSSR count). The summed E-state index contributed by atoms with van der Waals surface area (Å²) >= 11 is 7.17. The lowest BCUT2D eigenvalue weighted by Crippen LogP contribution is -2.35. The minimum Gasteiger partial charge on any atom is -0.307 e. The van der Waals surface area contributed by atoms with Crippen molar-refractivity contribution < 1.29 is 0 Å². The fourth-order valence-corrected chi connectivity index (χ4v) is 4.42. The molecule has 106 valence electrons. The quantitative estimate of drug-likeness (QED) is 0.683. The van der Waals surface area contributed by atoms with Gasteiger partial charge in [-0.2, -0.15) is 0 Å². The van der Waals surface area contributed by atoms with Crippen LogP contribution in [0.25, 0.3) is 0 Å². The Morgan fingerprint density at radius 2 is 1.89 bits per heavy atom. The molecule has 1 N–H and O–H groups in total. The Morgan fingerprint density at radius 3 is 2.47 bits per heavy atom. The summed E-state index contributed by atoms with van der Waals surface area (Å²) in [7, 11) is 0. The lowest BCUT2D eigenvalue weighted by Gasteiger charge is -2.31. The molecule has 1 aliphatic carbocycles. The molecule has 1 atom stereocenters. The number of hydrogen-bond donors (Lipinski definition) is 1. The molecule has 0 aliphatic heterocycles. The Kier molecular flexibility index (Phi) is 5.91. The molecule has 1 aliphatic rings. The van der Waals surface area contributed by atoms with Crippen molar-refractivity contribution in [2.45, 2.75) is 58.0 Å². The van der Waals surface area contributed by atoms with Gasteiger partial charge < -0.3 is 5.32 Å². The van der Waals surface area contributed by atoms with Gasteiger partial charge in [0, 0.05) is 21.0 Å². The van der Waals surface area contributed by atoms with E-state index in [1.165, 1.54) is 42.1 Å². The van der Waals surface area contributed by atoms with Crippen LogP contribution in [0.1, 0.15) is 57.6 Å². The first-order chi connectivity index (χ1) is 9.10. The van der Waals surface area contributed by atoms with Crippen molar-refractivity contribution in [3.05, 3.63) is 32.7 Å². The van der Waals surface area contributed by atoms with Gasteiger partial charge in [-0.15, -0.1) is 0 Å². The van der Waals surface area contributed by atoms with Crippen LogP contribution in [-0.4, -0.2) is 6.04 Å². The fourth-order valence-electron chi connectivity index (χ4n) is 3.03. The zero-order valence-electron chi connectivity index (χ0n) is 11.8. The van der Waals surface area contributed by atoms with Crippen molar-refractivity contribution in [1.82, 2.24) is 5.32 Å². The van der Waals surface area contributed by atoms with E-state index in [1.54, 1.807) is 0 Å². The summed E-state index contributed by atoms with van der Waals surface area (Å²) in [4.78, 5) is 0. The first-order valence-electron chi connectivity index (χ1n) is 7.31. The third kappa shape index (κ3) is 4.30. The van der Waals surface area contributed by atoms with Gasteiger partial charge in [0.25, 0.3) is 0 Å². The average molecular weight is 389 g/mol. The minimum absolute atomic E-state index is 0.408. The number of hydrogen-bond acceptors (Lipinski definition) is 1. The molecule has 1 saturated carbocycles. The van der Waals surface area contributed by atoms with Crippen LogP contribution in [0, 0.1) is 5.92 Å². The van der Waals surface area contributed by atoms with Crippen molar-refractivity contribution in [3.63, 3.8) is 0 Å². The van der Waals surface area contributed by atoms with Crippen LogP contribution in [0.3, 0.4) is 0 Å². The standard InChI is InChI=1S/C16H23Br2N/c1-3-12-4-7-14(8-5-12)19-11(2)15-9-6-13(17)10-16(15)18/h6,9-12,14,19H,3-5,7-8H2,1-2H3. The van der Waals surface area contributed by atoms with E-state index in [-0.39, 0.29) is 0 Å². The Morgan fingerprint density at radius 1 is 1.21 bits per heavy atom. The molecule has 0 aromatic heterocycles. The van der Waals surface area contributed by atoms with E-state index in [1.807, 2.05) is 0 Å². The van der Waals surface area contributed by atoms with Gasteiger partial charge in [-0.25, -0.2) is 0 Å². The maximum atomic E-state index is 3.79. The van der Waals surface area contributed by atoms with E-state index < -0.39 is 0 Å². The molecule has 1 nitrogen and oxygen atoms in total. The van der Waals surface area contributed by atoms with E-state index in [0.717, 1.165) is 10.4 Å². The summed E-state index contributed by atoms with van der Waals surface area (Å²) < 4.78 is 2.31. The second-order valence-electron chi connectivity index (χ2n) is 5.68. The zero-order valence-corrected chi connectivity index (χ0v) is 14.9. The van der Waals surface area contributed by atoms with E-state index in [4.69, 9.17) is 0 Å². The van der Waals surface area contributed by atoms with Gasteiger partial charge in [-0.1, -0.05) is 51.3 Å². The highest BCUT2D eigenvalue weighted by molar-refractivity contribution is 9.11. The van der Waals surface area contributed by atoms with E-state index in [0.29, 0.717) is 12.1 Å². The lowest BCUT2D eigenvalue weighted by molar-refractivity contribution is 0.273. The van der Waals surface area contributed by atoms with Gasteiger partial charge in [0.15, 0.2) is 0 Å². The smallest absolute Gasteiger partial charge is 0.0305 e. The molecular formula is C16H23Br2N. The maximum absolute atomic E-state index is 3.79. The normalized spacial score (nSPS) is 25.3. The van der Waals surface area contributed by atoms with Crippen LogP contribution in [0.15, 0.2) is 27.1 Å². The highest BCUT2D eigenvalue weighted by Crippen LogP contribution is 2.30. The van der Waals surface area contributed by atoms with Gasteiger partial charge in [-0.3, -0.25) is 0 Å². The fraction of sp³-hybridized carbons (Fsp3) is 0.625. The predicted molar refractivity (Wildman–Crippen MR) is 89.4 cm³/mol.